The standard InChI is InChI=1S/C49H46O4/c1-46(2)27-28-47(3,4)49(46)41-16-12-11-15-36(41)43-39-29-38(31-13-9-8-10-14-31)42(52-7)30-40(39)45-37(44(43)49)25-26-48(53-45,32-17-21-34(50-5)22-18-32)33-19-23-35(51-6)24-20-33/h8-26,29-30H,27-28H2,1-7H3. The summed E-state index contributed by atoms with van der Waals surface area (Å²) in [6.45, 7) is 9.94. The Hall–Kier alpha value is -5.48. The van der Waals surface area contributed by atoms with Gasteiger partial charge < -0.3 is 18.9 Å². The zero-order valence-electron chi connectivity index (χ0n) is 31.7. The first-order valence-corrected chi connectivity index (χ1v) is 18.6. The molecular formula is C49H46O4. The van der Waals surface area contributed by atoms with Crippen LogP contribution in [0.1, 0.15) is 68.4 Å². The van der Waals surface area contributed by atoms with Gasteiger partial charge in [-0.2, -0.15) is 0 Å². The lowest BCUT2D eigenvalue weighted by molar-refractivity contribution is 0.144. The van der Waals surface area contributed by atoms with E-state index in [-0.39, 0.29) is 16.2 Å². The van der Waals surface area contributed by atoms with Gasteiger partial charge in [0.1, 0.15) is 23.0 Å². The fourth-order valence-corrected chi connectivity index (χ4v) is 10.5. The lowest BCUT2D eigenvalue weighted by atomic mass is 9.53. The zero-order chi connectivity index (χ0) is 36.8. The Bertz CT molecular complexity index is 2350. The molecule has 0 unspecified atom stereocenters. The Morgan fingerprint density at radius 3 is 1.75 bits per heavy atom. The molecule has 0 N–H and O–H groups in total. The Labute approximate surface area is 313 Å². The van der Waals surface area contributed by atoms with E-state index in [9.17, 15) is 0 Å². The molecule has 9 rings (SSSR count). The first-order valence-electron chi connectivity index (χ1n) is 18.6. The zero-order valence-corrected chi connectivity index (χ0v) is 31.7. The van der Waals surface area contributed by atoms with Crippen molar-refractivity contribution >= 4 is 16.8 Å². The largest absolute Gasteiger partial charge is 0.497 e. The number of methoxy groups -OCH3 is 3. The average Bonchev–Trinajstić information content (AvgIpc) is 3.63. The van der Waals surface area contributed by atoms with Gasteiger partial charge in [0, 0.05) is 33.1 Å². The molecule has 0 amide bonds. The molecule has 0 aromatic heterocycles. The van der Waals surface area contributed by atoms with Gasteiger partial charge in [0.25, 0.3) is 0 Å². The minimum atomic E-state index is -0.933. The third-order valence-corrected chi connectivity index (χ3v) is 12.9. The SMILES string of the molecule is COc1ccc(C2(c3ccc(OC)cc3)C=Cc3c4c(c5cc(-c6ccccc6)c(OC)cc5c3O2)-c2ccccc2C42C(C)(C)CCC2(C)C)cc1. The van der Waals surface area contributed by atoms with Crippen molar-refractivity contribution in [3.63, 3.8) is 0 Å². The van der Waals surface area contributed by atoms with Gasteiger partial charge >= 0.3 is 0 Å². The van der Waals surface area contributed by atoms with Gasteiger partial charge in [0.15, 0.2) is 5.60 Å². The van der Waals surface area contributed by atoms with Crippen molar-refractivity contribution in [2.45, 2.75) is 51.6 Å². The molecule has 2 aliphatic carbocycles. The van der Waals surface area contributed by atoms with Gasteiger partial charge in [-0.05, 0) is 99.3 Å². The summed E-state index contributed by atoms with van der Waals surface area (Å²) < 4.78 is 25.1. The van der Waals surface area contributed by atoms with Crippen molar-refractivity contribution < 1.29 is 18.9 Å². The van der Waals surface area contributed by atoms with Crippen molar-refractivity contribution in [3.05, 3.63) is 149 Å². The number of benzene rings is 6. The van der Waals surface area contributed by atoms with E-state index in [0.29, 0.717) is 0 Å². The van der Waals surface area contributed by atoms with Crippen LogP contribution in [0.4, 0.5) is 0 Å². The van der Waals surface area contributed by atoms with E-state index >= 15 is 0 Å². The van der Waals surface area contributed by atoms with Crippen LogP contribution < -0.4 is 18.9 Å². The second-order valence-electron chi connectivity index (χ2n) is 16.1. The first-order chi connectivity index (χ1) is 25.6. The highest BCUT2D eigenvalue weighted by molar-refractivity contribution is 6.11. The minimum Gasteiger partial charge on any atom is -0.497 e. The van der Waals surface area contributed by atoms with E-state index in [1.54, 1.807) is 21.3 Å². The third kappa shape index (κ3) is 4.48. The van der Waals surface area contributed by atoms with Crippen LogP contribution in [0, 0.1) is 10.8 Å². The second-order valence-corrected chi connectivity index (χ2v) is 16.1. The fraction of sp³-hybridized carbons (Fsp3) is 0.265. The molecule has 1 aliphatic heterocycles. The van der Waals surface area contributed by atoms with Crippen LogP contribution in [0.3, 0.4) is 0 Å². The number of fused-ring (bicyclic) bond motifs is 10. The number of rotatable bonds is 6. The van der Waals surface area contributed by atoms with Crippen molar-refractivity contribution in [2.24, 2.45) is 10.8 Å². The molecule has 266 valence electrons. The average molecular weight is 699 g/mol. The molecule has 1 spiro atoms. The van der Waals surface area contributed by atoms with Crippen molar-refractivity contribution in [2.75, 3.05) is 21.3 Å². The van der Waals surface area contributed by atoms with Crippen LogP contribution in [0.25, 0.3) is 39.1 Å². The van der Waals surface area contributed by atoms with E-state index in [2.05, 4.69) is 131 Å². The number of hydrogen-bond acceptors (Lipinski definition) is 4. The van der Waals surface area contributed by atoms with Crippen molar-refractivity contribution in [3.8, 4) is 45.3 Å². The second kappa shape index (κ2) is 11.8. The monoisotopic (exact) mass is 698 g/mol. The number of ether oxygens (including phenoxy) is 4. The molecule has 4 nitrogen and oxygen atoms in total. The Balaban J connectivity index is 1.44. The summed E-state index contributed by atoms with van der Waals surface area (Å²) in [5, 5.41) is 2.21. The van der Waals surface area contributed by atoms with Gasteiger partial charge in [0.2, 0.25) is 0 Å². The van der Waals surface area contributed by atoms with Crippen LogP contribution in [0.15, 0.2) is 121 Å². The van der Waals surface area contributed by atoms with Crippen LogP contribution >= 0.6 is 0 Å². The highest BCUT2D eigenvalue weighted by Crippen LogP contribution is 2.73. The van der Waals surface area contributed by atoms with Crippen LogP contribution in [0.5, 0.6) is 23.0 Å². The predicted octanol–water partition coefficient (Wildman–Crippen LogP) is 12.0. The molecule has 0 radical (unpaired) electrons. The van der Waals surface area contributed by atoms with E-state index in [1.165, 1.54) is 27.6 Å². The minimum absolute atomic E-state index is 0.0254. The Morgan fingerprint density at radius 1 is 0.585 bits per heavy atom. The highest BCUT2D eigenvalue weighted by atomic mass is 16.5. The molecule has 6 aromatic rings. The summed E-state index contributed by atoms with van der Waals surface area (Å²) >= 11 is 0. The molecule has 0 bridgehead atoms. The van der Waals surface area contributed by atoms with Crippen LogP contribution in [-0.4, -0.2) is 21.3 Å². The summed E-state index contributed by atoms with van der Waals surface area (Å²) in [6.07, 6.45) is 6.89. The Morgan fingerprint density at radius 2 is 1.17 bits per heavy atom. The van der Waals surface area contributed by atoms with Gasteiger partial charge in [-0.1, -0.05) is 113 Å². The topological polar surface area (TPSA) is 36.9 Å². The maximum Gasteiger partial charge on any atom is 0.178 e. The van der Waals surface area contributed by atoms with Gasteiger partial charge in [0.05, 0.1) is 21.3 Å². The molecule has 53 heavy (non-hydrogen) atoms. The molecule has 0 atom stereocenters. The van der Waals surface area contributed by atoms with Crippen molar-refractivity contribution in [1.82, 2.24) is 0 Å². The maximum absolute atomic E-state index is 7.74. The molecule has 3 aliphatic rings. The van der Waals surface area contributed by atoms with E-state index < -0.39 is 5.60 Å². The molecular weight excluding hydrogens is 653 g/mol. The summed E-state index contributed by atoms with van der Waals surface area (Å²) in [5.41, 5.74) is 9.53. The van der Waals surface area contributed by atoms with Gasteiger partial charge in [-0.3, -0.25) is 0 Å². The predicted molar refractivity (Wildman–Crippen MR) is 215 cm³/mol. The lowest BCUT2D eigenvalue weighted by Crippen LogP contribution is -2.47. The van der Waals surface area contributed by atoms with E-state index in [4.69, 9.17) is 18.9 Å². The van der Waals surface area contributed by atoms with E-state index in [0.717, 1.165) is 69.0 Å². The summed E-state index contributed by atoms with van der Waals surface area (Å²) in [7, 11) is 5.16. The maximum atomic E-state index is 7.74. The quantitative estimate of drug-likeness (QED) is 0.173. The smallest absolute Gasteiger partial charge is 0.178 e. The normalized spacial score (nSPS) is 17.9. The van der Waals surface area contributed by atoms with Crippen LogP contribution in [-0.2, 0) is 11.0 Å². The van der Waals surface area contributed by atoms with Crippen molar-refractivity contribution in [1.29, 1.82) is 0 Å². The van der Waals surface area contributed by atoms with Crippen LogP contribution in [0.2, 0.25) is 0 Å². The summed E-state index contributed by atoms with van der Waals surface area (Å²) in [4.78, 5) is 0. The molecule has 0 saturated heterocycles. The fourth-order valence-electron chi connectivity index (χ4n) is 10.5. The highest BCUT2D eigenvalue weighted by Gasteiger charge is 2.65. The molecule has 1 fully saturated rings. The van der Waals surface area contributed by atoms with E-state index in [1.807, 2.05) is 24.3 Å². The summed E-state index contributed by atoms with van der Waals surface area (Å²) in [6, 6.07) is 40.8. The number of hydrogen-bond donors (Lipinski definition) is 0. The first kappa shape index (κ1) is 33.4. The lowest BCUT2D eigenvalue weighted by Gasteiger charge is -2.50. The van der Waals surface area contributed by atoms with Gasteiger partial charge in [-0.25, -0.2) is 0 Å². The van der Waals surface area contributed by atoms with Gasteiger partial charge in [-0.15, -0.1) is 0 Å². The molecule has 4 heteroatoms. The molecule has 1 heterocycles. The third-order valence-electron chi connectivity index (χ3n) is 12.9. The molecule has 1 saturated carbocycles. The molecule has 6 aromatic carbocycles. The Kier molecular flexibility index (Phi) is 7.41. The summed E-state index contributed by atoms with van der Waals surface area (Å²) in [5.74, 6) is 3.28.